The number of rotatable bonds is 1. The van der Waals surface area contributed by atoms with Crippen LogP contribution in [-0.2, 0) is 0 Å². The molecule has 2 nitrogen and oxygen atoms in total. The minimum absolute atomic E-state index is 0.398. The van der Waals surface area contributed by atoms with Crippen LogP contribution >= 0.6 is 11.6 Å². The van der Waals surface area contributed by atoms with Gasteiger partial charge in [0.25, 0.3) is 0 Å². The summed E-state index contributed by atoms with van der Waals surface area (Å²) in [6.45, 7) is 4.10. The Kier molecular flexibility index (Phi) is 2.73. The average Bonchev–Trinajstić information content (AvgIpc) is 2.63. The standard InChI is InChI=1S/C11H15ClN2/c1-7-8(2)13-11(12)14-10(7)9-5-3-4-6-9/h9H,3-6H2,1-2H3. The molecule has 0 spiro atoms. The molecule has 1 heterocycles. The minimum atomic E-state index is 0.398. The van der Waals surface area contributed by atoms with Crippen LogP contribution in [0.4, 0.5) is 0 Å². The summed E-state index contributed by atoms with van der Waals surface area (Å²) in [5, 5.41) is 0.398. The highest BCUT2D eigenvalue weighted by atomic mass is 35.5. The predicted octanol–water partition coefficient (Wildman–Crippen LogP) is 3.40. The van der Waals surface area contributed by atoms with E-state index in [2.05, 4.69) is 16.9 Å². The maximum Gasteiger partial charge on any atom is 0.222 e. The Balaban J connectivity index is 2.40. The van der Waals surface area contributed by atoms with Gasteiger partial charge in [-0.1, -0.05) is 12.8 Å². The molecule has 76 valence electrons. The molecule has 0 aromatic carbocycles. The molecule has 1 aliphatic carbocycles. The maximum absolute atomic E-state index is 5.88. The zero-order chi connectivity index (χ0) is 10.1. The predicted molar refractivity (Wildman–Crippen MR) is 57.7 cm³/mol. The van der Waals surface area contributed by atoms with Crippen LogP contribution in [0.1, 0.15) is 48.6 Å². The van der Waals surface area contributed by atoms with E-state index in [9.17, 15) is 0 Å². The number of halogens is 1. The van der Waals surface area contributed by atoms with Crippen LogP contribution in [-0.4, -0.2) is 9.97 Å². The lowest BCUT2D eigenvalue weighted by Crippen LogP contribution is -2.04. The van der Waals surface area contributed by atoms with Gasteiger partial charge < -0.3 is 0 Å². The van der Waals surface area contributed by atoms with Crippen molar-refractivity contribution in [3.05, 3.63) is 22.2 Å². The van der Waals surface area contributed by atoms with Crippen molar-refractivity contribution in [2.45, 2.75) is 45.4 Å². The third-order valence-corrected chi connectivity index (χ3v) is 3.31. The third kappa shape index (κ3) is 1.76. The molecular formula is C11H15ClN2. The summed E-state index contributed by atoms with van der Waals surface area (Å²) in [5.41, 5.74) is 3.42. The van der Waals surface area contributed by atoms with Crippen molar-refractivity contribution in [2.75, 3.05) is 0 Å². The van der Waals surface area contributed by atoms with Gasteiger partial charge in [-0.2, -0.15) is 0 Å². The Labute approximate surface area is 89.7 Å². The molecule has 1 saturated carbocycles. The molecule has 0 radical (unpaired) electrons. The Morgan fingerprint density at radius 3 is 2.43 bits per heavy atom. The first-order chi connectivity index (χ1) is 6.68. The Bertz CT molecular complexity index is 343. The number of nitrogens with zero attached hydrogens (tertiary/aromatic N) is 2. The van der Waals surface area contributed by atoms with Crippen LogP contribution in [0.5, 0.6) is 0 Å². The first-order valence-electron chi connectivity index (χ1n) is 5.19. The summed E-state index contributed by atoms with van der Waals surface area (Å²) >= 11 is 5.88. The summed E-state index contributed by atoms with van der Waals surface area (Å²) in [6.07, 6.45) is 5.16. The SMILES string of the molecule is Cc1nc(Cl)nc(C2CCCC2)c1C. The normalized spacial score (nSPS) is 17.6. The van der Waals surface area contributed by atoms with E-state index in [0.717, 1.165) is 5.69 Å². The number of aromatic nitrogens is 2. The Morgan fingerprint density at radius 1 is 1.14 bits per heavy atom. The fourth-order valence-corrected chi connectivity index (χ4v) is 2.43. The number of hydrogen-bond acceptors (Lipinski definition) is 2. The topological polar surface area (TPSA) is 25.8 Å². The van der Waals surface area contributed by atoms with Crippen molar-refractivity contribution in [1.82, 2.24) is 9.97 Å². The van der Waals surface area contributed by atoms with Gasteiger partial charge in [-0.3, -0.25) is 0 Å². The van der Waals surface area contributed by atoms with Gasteiger partial charge in [0.15, 0.2) is 0 Å². The van der Waals surface area contributed by atoms with Crippen LogP contribution in [0, 0.1) is 13.8 Å². The highest BCUT2D eigenvalue weighted by Crippen LogP contribution is 2.35. The summed E-state index contributed by atoms with van der Waals surface area (Å²) in [5.74, 6) is 0.620. The number of hydrogen-bond donors (Lipinski definition) is 0. The van der Waals surface area contributed by atoms with E-state index in [0.29, 0.717) is 11.2 Å². The van der Waals surface area contributed by atoms with Crippen molar-refractivity contribution < 1.29 is 0 Å². The second-order valence-corrected chi connectivity index (χ2v) is 4.41. The second kappa shape index (κ2) is 3.85. The number of aryl methyl sites for hydroxylation is 1. The van der Waals surface area contributed by atoms with E-state index in [-0.39, 0.29) is 0 Å². The first kappa shape index (κ1) is 9.91. The highest BCUT2D eigenvalue weighted by Gasteiger charge is 2.21. The largest absolute Gasteiger partial charge is 0.223 e. The smallest absolute Gasteiger partial charge is 0.222 e. The molecule has 1 fully saturated rings. The summed E-state index contributed by atoms with van der Waals surface area (Å²) in [7, 11) is 0. The molecule has 1 aromatic heterocycles. The van der Waals surface area contributed by atoms with E-state index in [1.54, 1.807) is 0 Å². The molecule has 0 bridgehead atoms. The highest BCUT2D eigenvalue weighted by molar-refractivity contribution is 6.28. The van der Waals surface area contributed by atoms with E-state index in [1.807, 2.05) is 6.92 Å². The van der Waals surface area contributed by atoms with Crippen LogP contribution in [0.15, 0.2) is 0 Å². The van der Waals surface area contributed by atoms with Crippen LogP contribution < -0.4 is 0 Å². The molecule has 0 atom stereocenters. The maximum atomic E-state index is 5.88. The third-order valence-electron chi connectivity index (χ3n) is 3.14. The van der Waals surface area contributed by atoms with E-state index in [4.69, 9.17) is 11.6 Å². The molecule has 3 heteroatoms. The van der Waals surface area contributed by atoms with Crippen molar-refractivity contribution in [1.29, 1.82) is 0 Å². The van der Waals surface area contributed by atoms with Gasteiger partial charge in [0.1, 0.15) is 0 Å². The molecule has 1 aromatic rings. The fourth-order valence-electron chi connectivity index (χ4n) is 2.21. The van der Waals surface area contributed by atoms with Gasteiger partial charge >= 0.3 is 0 Å². The summed E-state index contributed by atoms with van der Waals surface area (Å²) in [4.78, 5) is 8.53. The zero-order valence-corrected chi connectivity index (χ0v) is 9.43. The van der Waals surface area contributed by atoms with Crippen LogP contribution in [0.3, 0.4) is 0 Å². The van der Waals surface area contributed by atoms with Gasteiger partial charge in [-0.05, 0) is 43.9 Å². The monoisotopic (exact) mass is 210 g/mol. The lowest BCUT2D eigenvalue weighted by Gasteiger charge is -2.13. The molecule has 0 saturated heterocycles. The van der Waals surface area contributed by atoms with Crippen molar-refractivity contribution >= 4 is 11.6 Å². The average molecular weight is 211 g/mol. The molecule has 1 aliphatic rings. The minimum Gasteiger partial charge on any atom is -0.223 e. The van der Waals surface area contributed by atoms with Crippen LogP contribution in [0.2, 0.25) is 5.28 Å². The van der Waals surface area contributed by atoms with Crippen molar-refractivity contribution in [2.24, 2.45) is 0 Å². The van der Waals surface area contributed by atoms with Crippen LogP contribution in [0.25, 0.3) is 0 Å². The van der Waals surface area contributed by atoms with Crippen molar-refractivity contribution in [3.8, 4) is 0 Å². The molecular weight excluding hydrogens is 196 g/mol. The quantitative estimate of drug-likeness (QED) is 0.664. The van der Waals surface area contributed by atoms with Gasteiger partial charge in [-0.15, -0.1) is 0 Å². The van der Waals surface area contributed by atoms with Gasteiger partial charge in [0, 0.05) is 11.6 Å². The molecule has 0 aliphatic heterocycles. The van der Waals surface area contributed by atoms with E-state index >= 15 is 0 Å². The van der Waals surface area contributed by atoms with Gasteiger partial charge in [0.2, 0.25) is 5.28 Å². The van der Waals surface area contributed by atoms with Crippen molar-refractivity contribution in [3.63, 3.8) is 0 Å². The molecule has 0 amide bonds. The van der Waals surface area contributed by atoms with E-state index < -0.39 is 0 Å². The fraction of sp³-hybridized carbons (Fsp3) is 0.636. The summed E-state index contributed by atoms with van der Waals surface area (Å²) in [6, 6.07) is 0. The lowest BCUT2D eigenvalue weighted by molar-refractivity contribution is 0.684. The Morgan fingerprint density at radius 2 is 1.79 bits per heavy atom. The molecule has 14 heavy (non-hydrogen) atoms. The van der Waals surface area contributed by atoms with Gasteiger partial charge in [-0.25, -0.2) is 9.97 Å². The summed E-state index contributed by atoms with van der Waals surface area (Å²) < 4.78 is 0. The molecule has 0 unspecified atom stereocenters. The first-order valence-corrected chi connectivity index (χ1v) is 5.57. The molecule has 0 N–H and O–H groups in total. The zero-order valence-electron chi connectivity index (χ0n) is 8.68. The van der Waals surface area contributed by atoms with Gasteiger partial charge in [0.05, 0.1) is 5.69 Å². The Hall–Kier alpha value is -0.630. The second-order valence-electron chi connectivity index (χ2n) is 4.07. The molecule has 2 rings (SSSR count). The van der Waals surface area contributed by atoms with E-state index in [1.165, 1.54) is 36.9 Å². The lowest BCUT2D eigenvalue weighted by atomic mass is 9.99.